The van der Waals surface area contributed by atoms with Crippen molar-refractivity contribution < 1.29 is 4.43 Å². The molecule has 0 spiro atoms. The molecule has 0 rings (SSSR count). The van der Waals surface area contributed by atoms with Gasteiger partial charge in [0.05, 0.1) is 0 Å². The average molecular weight is 191 g/mol. The summed E-state index contributed by atoms with van der Waals surface area (Å²) in [5, 5.41) is 0. The number of hydrogen-bond acceptors (Lipinski definition) is 4. The molecule has 0 aromatic rings. The number of hydrogen-bond donors (Lipinski definition) is 0. The van der Waals surface area contributed by atoms with Crippen LogP contribution in [-0.4, -0.2) is 71.9 Å². The lowest BCUT2D eigenvalue weighted by Gasteiger charge is -2.43. The lowest BCUT2D eigenvalue weighted by molar-refractivity contribution is 0.203. The average Bonchev–Trinajstić information content (AvgIpc) is 1.86. The minimum atomic E-state index is -2.00. The first-order valence-corrected chi connectivity index (χ1v) is 5.72. The normalized spacial score (nSPS) is 13.5. The molecule has 0 radical (unpaired) electrons. The van der Waals surface area contributed by atoms with Crippen LogP contribution in [0.1, 0.15) is 0 Å². The Morgan fingerprint density at radius 1 is 0.750 bits per heavy atom. The summed E-state index contributed by atoms with van der Waals surface area (Å²) >= 11 is 0. The van der Waals surface area contributed by atoms with Gasteiger partial charge in [-0.05, 0) is 42.3 Å². The van der Waals surface area contributed by atoms with Gasteiger partial charge >= 0.3 is 8.80 Å². The van der Waals surface area contributed by atoms with Gasteiger partial charge in [-0.25, -0.2) is 0 Å². The first-order valence-electron chi connectivity index (χ1n) is 3.97. The molecule has 0 aliphatic heterocycles. The first kappa shape index (κ1) is 12.1. The predicted molar refractivity (Wildman–Crippen MR) is 53.8 cm³/mol. The van der Waals surface area contributed by atoms with Crippen LogP contribution in [0.3, 0.4) is 0 Å². The number of nitrogens with zero attached hydrogens (tertiary/aromatic N) is 3. The molecule has 0 aliphatic rings. The highest BCUT2D eigenvalue weighted by atomic mass is 28.4. The maximum Gasteiger partial charge on any atom is 0.446 e. The highest BCUT2D eigenvalue weighted by Gasteiger charge is 2.44. The minimum Gasteiger partial charge on any atom is -0.383 e. The Hall–Kier alpha value is 0.0569. The molecular formula is C7H21N3OSi. The molecular weight excluding hydrogens is 170 g/mol. The zero-order valence-electron chi connectivity index (χ0n) is 9.25. The Morgan fingerprint density at radius 3 is 1.00 bits per heavy atom. The van der Waals surface area contributed by atoms with Crippen molar-refractivity contribution in [2.45, 2.75) is 0 Å². The van der Waals surface area contributed by atoms with Crippen LogP contribution in [-0.2, 0) is 4.43 Å². The van der Waals surface area contributed by atoms with Crippen LogP contribution < -0.4 is 0 Å². The lowest BCUT2D eigenvalue weighted by atomic mass is 11.2. The molecule has 0 aromatic heterocycles. The van der Waals surface area contributed by atoms with Crippen molar-refractivity contribution in [3.63, 3.8) is 0 Å². The lowest BCUT2D eigenvalue weighted by Crippen LogP contribution is -2.71. The Bertz CT molecular complexity index is 117. The quantitative estimate of drug-likeness (QED) is 0.571. The fraction of sp³-hybridized carbons (Fsp3) is 1.00. The second-order valence-electron chi connectivity index (χ2n) is 3.46. The zero-order valence-corrected chi connectivity index (χ0v) is 10.2. The molecule has 0 bridgehead atoms. The molecule has 0 heterocycles. The predicted octanol–water partition coefficient (Wildman–Crippen LogP) is -0.247. The third-order valence-electron chi connectivity index (χ3n) is 2.02. The molecule has 0 atom stereocenters. The molecule has 0 aliphatic carbocycles. The van der Waals surface area contributed by atoms with Gasteiger partial charge in [-0.15, -0.1) is 0 Å². The van der Waals surface area contributed by atoms with Gasteiger partial charge in [0.15, 0.2) is 0 Å². The van der Waals surface area contributed by atoms with Gasteiger partial charge in [-0.1, -0.05) is 0 Å². The molecule has 12 heavy (non-hydrogen) atoms. The SMILES string of the molecule is CO[Si](N(C)C)(N(C)C)N(C)C. The van der Waals surface area contributed by atoms with Crippen molar-refractivity contribution in [3.8, 4) is 0 Å². The third-order valence-corrected chi connectivity index (χ3v) is 6.06. The minimum absolute atomic E-state index is 1.77. The molecule has 0 aromatic carbocycles. The Balaban J connectivity index is 4.77. The fourth-order valence-corrected chi connectivity index (χ4v) is 5.24. The van der Waals surface area contributed by atoms with E-state index in [0.29, 0.717) is 0 Å². The summed E-state index contributed by atoms with van der Waals surface area (Å²) in [5.74, 6) is 0. The van der Waals surface area contributed by atoms with Crippen molar-refractivity contribution in [3.05, 3.63) is 0 Å². The van der Waals surface area contributed by atoms with E-state index in [1.54, 1.807) is 7.11 Å². The molecule has 5 heteroatoms. The van der Waals surface area contributed by atoms with Gasteiger partial charge in [0, 0.05) is 7.11 Å². The van der Waals surface area contributed by atoms with E-state index >= 15 is 0 Å². The van der Waals surface area contributed by atoms with Crippen molar-refractivity contribution in [1.29, 1.82) is 0 Å². The Labute approximate surface area is 77.1 Å². The van der Waals surface area contributed by atoms with Crippen molar-refractivity contribution >= 4 is 8.80 Å². The third kappa shape index (κ3) is 1.86. The Morgan fingerprint density at radius 2 is 1.00 bits per heavy atom. The summed E-state index contributed by atoms with van der Waals surface area (Å²) in [6, 6.07) is 0. The van der Waals surface area contributed by atoms with E-state index in [1.807, 2.05) is 0 Å². The van der Waals surface area contributed by atoms with Crippen LogP contribution in [0.15, 0.2) is 0 Å². The van der Waals surface area contributed by atoms with Crippen LogP contribution in [0.5, 0.6) is 0 Å². The molecule has 74 valence electrons. The second-order valence-corrected chi connectivity index (χ2v) is 7.70. The summed E-state index contributed by atoms with van der Waals surface area (Å²) in [4.78, 5) is 0. The molecule has 0 saturated heterocycles. The first-order chi connectivity index (χ1) is 5.39. The van der Waals surface area contributed by atoms with E-state index in [2.05, 4.69) is 56.0 Å². The molecule has 0 amide bonds. The van der Waals surface area contributed by atoms with Gasteiger partial charge in [-0.3, -0.25) is 13.7 Å². The monoisotopic (exact) mass is 191 g/mol. The van der Waals surface area contributed by atoms with Crippen LogP contribution in [0.25, 0.3) is 0 Å². The van der Waals surface area contributed by atoms with E-state index < -0.39 is 8.80 Å². The topological polar surface area (TPSA) is 19.0 Å². The largest absolute Gasteiger partial charge is 0.446 e. The molecule has 0 unspecified atom stereocenters. The van der Waals surface area contributed by atoms with Crippen LogP contribution in [0.4, 0.5) is 0 Å². The van der Waals surface area contributed by atoms with E-state index in [4.69, 9.17) is 4.43 Å². The summed E-state index contributed by atoms with van der Waals surface area (Å²) in [6.07, 6.45) is 0. The summed E-state index contributed by atoms with van der Waals surface area (Å²) < 4.78 is 12.1. The van der Waals surface area contributed by atoms with Crippen LogP contribution >= 0.6 is 0 Å². The van der Waals surface area contributed by atoms with Crippen LogP contribution in [0, 0.1) is 0 Å². The maximum absolute atomic E-state index is 5.64. The highest BCUT2D eigenvalue weighted by molar-refractivity contribution is 6.64. The van der Waals surface area contributed by atoms with Crippen molar-refractivity contribution in [2.24, 2.45) is 0 Å². The Kier molecular flexibility index (Phi) is 4.36. The summed E-state index contributed by atoms with van der Waals surface area (Å²) in [7, 11) is 12.1. The van der Waals surface area contributed by atoms with Gasteiger partial charge in [0.25, 0.3) is 0 Å². The van der Waals surface area contributed by atoms with Gasteiger partial charge < -0.3 is 4.43 Å². The molecule has 0 N–H and O–H groups in total. The number of rotatable bonds is 4. The standard InChI is InChI=1S/C7H21N3OSi/c1-8(2)12(11-7,9(3)4)10(5)6/h1-7H3. The summed E-state index contributed by atoms with van der Waals surface area (Å²) in [6.45, 7) is 0. The fourth-order valence-electron chi connectivity index (χ4n) is 1.75. The van der Waals surface area contributed by atoms with Gasteiger partial charge in [-0.2, -0.15) is 0 Å². The van der Waals surface area contributed by atoms with Gasteiger partial charge in [0.1, 0.15) is 0 Å². The van der Waals surface area contributed by atoms with Crippen LogP contribution in [0.2, 0.25) is 0 Å². The second kappa shape index (κ2) is 4.34. The molecule has 4 nitrogen and oxygen atoms in total. The van der Waals surface area contributed by atoms with E-state index in [0.717, 1.165) is 0 Å². The molecule has 0 fully saturated rings. The van der Waals surface area contributed by atoms with E-state index in [9.17, 15) is 0 Å². The van der Waals surface area contributed by atoms with E-state index in [1.165, 1.54) is 0 Å². The van der Waals surface area contributed by atoms with Crippen molar-refractivity contribution in [2.75, 3.05) is 49.4 Å². The summed E-state index contributed by atoms with van der Waals surface area (Å²) in [5.41, 5.74) is 0. The molecule has 0 saturated carbocycles. The van der Waals surface area contributed by atoms with E-state index in [-0.39, 0.29) is 0 Å². The maximum atomic E-state index is 5.64. The van der Waals surface area contributed by atoms with Gasteiger partial charge in [0.2, 0.25) is 0 Å². The zero-order chi connectivity index (χ0) is 9.94. The van der Waals surface area contributed by atoms with Crippen molar-refractivity contribution in [1.82, 2.24) is 13.7 Å². The highest BCUT2D eigenvalue weighted by Crippen LogP contribution is 2.12. The smallest absolute Gasteiger partial charge is 0.383 e.